The molecule has 0 heterocycles. The predicted octanol–water partition coefficient (Wildman–Crippen LogP) is 3.47. The molecule has 0 spiro atoms. The lowest BCUT2D eigenvalue weighted by atomic mass is 10.0. The lowest BCUT2D eigenvalue weighted by Crippen LogP contribution is -2.19. The number of hydrogen-bond acceptors (Lipinski definition) is 3. The van der Waals surface area contributed by atoms with Gasteiger partial charge in [0.25, 0.3) is 0 Å². The van der Waals surface area contributed by atoms with Gasteiger partial charge in [0.05, 0.1) is 5.75 Å². The zero-order valence-electron chi connectivity index (χ0n) is 11.1. The molecule has 0 fully saturated rings. The summed E-state index contributed by atoms with van der Waals surface area (Å²) in [6.45, 7) is 1.66. The van der Waals surface area contributed by atoms with Crippen LogP contribution < -0.4 is 5.32 Å². The standard InChI is InChI=1S/C13H19Cl2NO2S/c1-3-19(17,18)9-5-8-12(16-2)13-10(14)6-4-7-11(13)15/h4,6-7,12,16H,3,5,8-9H2,1-2H3. The molecule has 0 aliphatic carbocycles. The third-order valence-electron chi connectivity index (χ3n) is 3.08. The molecule has 0 saturated carbocycles. The fourth-order valence-corrected chi connectivity index (χ4v) is 3.48. The highest BCUT2D eigenvalue weighted by Gasteiger charge is 2.17. The minimum atomic E-state index is -2.92. The molecular weight excluding hydrogens is 305 g/mol. The molecule has 0 amide bonds. The lowest BCUT2D eigenvalue weighted by Gasteiger charge is -2.19. The molecular formula is C13H19Cl2NO2S. The smallest absolute Gasteiger partial charge is 0.150 e. The molecule has 0 aromatic heterocycles. The van der Waals surface area contributed by atoms with Gasteiger partial charge in [-0.05, 0) is 32.0 Å². The van der Waals surface area contributed by atoms with Crippen LogP contribution in [0.25, 0.3) is 0 Å². The summed E-state index contributed by atoms with van der Waals surface area (Å²) in [5, 5.41) is 4.34. The summed E-state index contributed by atoms with van der Waals surface area (Å²) in [6, 6.07) is 5.34. The number of rotatable bonds is 7. The number of sulfone groups is 1. The van der Waals surface area contributed by atoms with Crippen molar-refractivity contribution in [1.29, 1.82) is 0 Å². The first-order valence-corrected chi connectivity index (χ1v) is 8.80. The minimum absolute atomic E-state index is 0.0340. The van der Waals surface area contributed by atoms with Gasteiger partial charge in [0, 0.05) is 27.4 Å². The first-order chi connectivity index (χ1) is 8.91. The average Bonchev–Trinajstić information content (AvgIpc) is 2.36. The van der Waals surface area contributed by atoms with Crippen LogP contribution in [0.3, 0.4) is 0 Å². The van der Waals surface area contributed by atoms with Gasteiger partial charge in [-0.15, -0.1) is 0 Å². The van der Waals surface area contributed by atoms with Crippen LogP contribution in [0.15, 0.2) is 18.2 Å². The van der Waals surface area contributed by atoms with Crippen molar-refractivity contribution >= 4 is 33.0 Å². The van der Waals surface area contributed by atoms with Crippen molar-refractivity contribution in [3.05, 3.63) is 33.8 Å². The van der Waals surface area contributed by atoms with Gasteiger partial charge in [-0.25, -0.2) is 8.42 Å². The fourth-order valence-electron chi connectivity index (χ4n) is 1.93. The molecule has 1 unspecified atom stereocenters. The average molecular weight is 324 g/mol. The van der Waals surface area contributed by atoms with Crippen LogP contribution in [0.5, 0.6) is 0 Å². The monoisotopic (exact) mass is 323 g/mol. The second kappa shape index (κ2) is 7.48. The molecule has 0 radical (unpaired) electrons. The quantitative estimate of drug-likeness (QED) is 0.835. The van der Waals surface area contributed by atoms with Crippen molar-refractivity contribution in [1.82, 2.24) is 5.32 Å². The highest BCUT2D eigenvalue weighted by molar-refractivity contribution is 7.91. The summed E-state index contributed by atoms with van der Waals surface area (Å²) in [5.41, 5.74) is 0.835. The number of benzene rings is 1. The number of halogens is 2. The Morgan fingerprint density at radius 2 is 1.84 bits per heavy atom. The summed E-state index contributed by atoms with van der Waals surface area (Å²) in [7, 11) is -1.10. The van der Waals surface area contributed by atoms with Crippen LogP contribution >= 0.6 is 23.2 Å². The maximum absolute atomic E-state index is 11.5. The van der Waals surface area contributed by atoms with E-state index in [1.807, 2.05) is 7.05 Å². The van der Waals surface area contributed by atoms with Crippen LogP contribution in [-0.4, -0.2) is 27.0 Å². The van der Waals surface area contributed by atoms with Crippen LogP contribution in [-0.2, 0) is 9.84 Å². The van der Waals surface area contributed by atoms with Gasteiger partial charge >= 0.3 is 0 Å². The molecule has 1 aromatic rings. The summed E-state index contributed by atoms with van der Waals surface area (Å²) >= 11 is 12.3. The van der Waals surface area contributed by atoms with Crippen LogP contribution in [0.2, 0.25) is 10.0 Å². The van der Waals surface area contributed by atoms with E-state index in [0.29, 0.717) is 22.9 Å². The van der Waals surface area contributed by atoms with Crippen LogP contribution in [0.4, 0.5) is 0 Å². The molecule has 6 heteroatoms. The van der Waals surface area contributed by atoms with Gasteiger partial charge < -0.3 is 5.32 Å². The molecule has 19 heavy (non-hydrogen) atoms. The molecule has 1 aromatic carbocycles. The summed E-state index contributed by atoms with van der Waals surface area (Å²) in [5.74, 6) is 0.383. The highest BCUT2D eigenvalue weighted by atomic mass is 35.5. The van der Waals surface area contributed by atoms with Crippen LogP contribution in [0.1, 0.15) is 31.4 Å². The Labute approximate surface area is 125 Å². The second-order valence-electron chi connectivity index (χ2n) is 4.36. The van der Waals surface area contributed by atoms with Gasteiger partial charge in [0.15, 0.2) is 0 Å². The van der Waals surface area contributed by atoms with Crippen molar-refractivity contribution in [3.8, 4) is 0 Å². The summed E-state index contributed by atoms with van der Waals surface area (Å²) in [4.78, 5) is 0. The molecule has 3 nitrogen and oxygen atoms in total. The second-order valence-corrected chi connectivity index (χ2v) is 7.64. The van der Waals surface area contributed by atoms with E-state index in [0.717, 1.165) is 5.56 Å². The van der Waals surface area contributed by atoms with E-state index in [-0.39, 0.29) is 17.5 Å². The molecule has 0 bridgehead atoms. The van der Waals surface area contributed by atoms with Gasteiger partial charge in [-0.2, -0.15) is 0 Å². The van der Waals surface area contributed by atoms with E-state index in [2.05, 4.69) is 5.32 Å². The van der Waals surface area contributed by atoms with Crippen molar-refractivity contribution in [3.63, 3.8) is 0 Å². The Balaban J connectivity index is 2.74. The van der Waals surface area contributed by atoms with Crippen LogP contribution in [0, 0.1) is 0 Å². The topological polar surface area (TPSA) is 46.2 Å². The van der Waals surface area contributed by atoms with Crippen molar-refractivity contribution < 1.29 is 8.42 Å². The zero-order chi connectivity index (χ0) is 14.5. The van der Waals surface area contributed by atoms with E-state index in [1.165, 1.54) is 0 Å². The maximum Gasteiger partial charge on any atom is 0.150 e. The predicted molar refractivity (Wildman–Crippen MR) is 81.8 cm³/mol. The third kappa shape index (κ3) is 4.95. The summed E-state index contributed by atoms with van der Waals surface area (Å²) < 4.78 is 22.9. The third-order valence-corrected chi connectivity index (χ3v) is 5.53. The van der Waals surface area contributed by atoms with E-state index >= 15 is 0 Å². The van der Waals surface area contributed by atoms with Gasteiger partial charge in [-0.3, -0.25) is 0 Å². The normalized spacial score (nSPS) is 13.5. The molecule has 0 saturated heterocycles. The van der Waals surface area contributed by atoms with E-state index in [1.54, 1.807) is 25.1 Å². The molecule has 0 aliphatic heterocycles. The molecule has 1 N–H and O–H groups in total. The largest absolute Gasteiger partial charge is 0.313 e. The Kier molecular flexibility index (Phi) is 6.60. The Morgan fingerprint density at radius 3 is 2.32 bits per heavy atom. The molecule has 0 aliphatic rings. The number of nitrogens with one attached hydrogen (secondary N) is 1. The van der Waals surface area contributed by atoms with E-state index in [4.69, 9.17) is 23.2 Å². The maximum atomic E-state index is 11.5. The van der Waals surface area contributed by atoms with Gasteiger partial charge in [-0.1, -0.05) is 36.2 Å². The number of hydrogen-bond donors (Lipinski definition) is 1. The Morgan fingerprint density at radius 1 is 1.26 bits per heavy atom. The Bertz CT molecular complexity index is 497. The van der Waals surface area contributed by atoms with E-state index < -0.39 is 9.84 Å². The van der Waals surface area contributed by atoms with E-state index in [9.17, 15) is 8.42 Å². The first kappa shape index (κ1) is 16.8. The summed E-state index contributed by atoms with van der Waals surface area (Å²) in [6.07, 6.45) is 1.27. The van der Waals surface area contributed by atoms with Gasteiger partial charge in [0.2, 0.25) is 0 Å². The molecule has 108 valence electrons. The Hall–Kier alpha value is -0.290. The minimum Gasteiger partial charge on any atom is -0.313 e. The first-order valence-electron chi connectivity index (χ1n) is 6.23. The van der Waals surface area contributed by atoms with Crippen molar-refractivity contribution in [2.45, 2.75) is 25.8 Å². The fraction of sp³-hybridized carbons (Fsp3) is 0.538. The zero-order valence-corrected chi connectivity index (χ0v) is 13.4. The molecule has 1 rings (SSSR count). The molecule has 1 atom stereocenters. The van der Waals surface area contributed by atoms with Gasteiger partial charge in [0.1, 0.15) is 9.84 Å². The lowest BCUT2D eigenvalue weighted by molar-refractivity contribution is 0.536. The van der Waals surface area contributed by atoms with Crippen molar-refractivity contribution in [2.24, 2.45) is 0 Å². The SMILES string of the molecule is CCS(=O)(=O)CCCC(NC)c1c(Cl)cccc1Cl. The highest BCUT2D eigenvalue weighted by Crippen LogP contribution is 2.32. The van der Waals surface area contributed by atoms with Crippen molar-refractivity contribution in [2.75, 3.05) is 18.6 Å².